The van der Waals surface area contributed by atoms with Crippen LogP contribution in [0, 0.1) is 10.1 Å². The van der Waals surface area contributed by atoms with Gasteiger partial charge in [-0.15, -0.1) is 10.2 Å². The summed E-state index contributed by atoms with van der Waals surface area (Å²) >= 11 is 1.32. The number of aromatic nitrogens is 4. The summed E-state index contributed by atoms with van der Waals surface area (Å²) in [6, 6.07) is 20.9. The maximum atomic E-state index is 13.5. The van der Waals surface area contributed by atoms with Gasteiger partial charge in [0.05, 0.1) is 27.3 Å². The summed E-state index contributed by atoms with van der Waals surface area (Å²) in [5.41, 5.74) is 2.86. The molecule has 0 fully saturated rings. The Labute approximate surface area is 203 Å². The SMILES string of the molecule is CCc1ccccc1-n1c(SCc2nnc(-c3ccc([N+](=O)[O-])cc3)o2)nc2ccccc2c1=O. The molecule has 10 heteroatoms. The number of thioether (sulfide) groups is 1. The Morgan fingerprint density at radius 3 is 2.51 bits per heavy atom. The Bertz CT molecular complexity index is 1590. The number of hydrogen-bond acceptors (Lipinski definition) is 8. The van der Waals surface area contributed by atoms with Gasteiger partial charge < -0.3 is 4.42 Å². The van der Waals surface area contributed by atoms with Crippen molar-refractivity contribution in [1.82, 2.24) is 19.7 Å². The maximum absolute atomic E-state index is 13.5. The molecule has 3 aromatic carbocycles. The van der Waals surface area contributed by atoms with Gasteiger partial charge >= 0.3 is 0 Å². The number of benzene rings is 3. The first-order chi connectivity index (χ1) is 17.0. The fraction of sp³-hybridized carbons (Fsp3) is 0.120. The Morgan fingerprint density at radius 2 is 1.74 bits per heavy atom. The molecule has 0 unspecified atom stereocenters. The lowest BCUT2D eigenvalue weighted by Crippen LogP contribution is -2.22. The predicted molar refractivity (Wildman–Crippen MR) is 133 cm³/mol. The van der Waals surface area contributed by atoms with Crippen molar-refractivity contribution in [3.63, 3.8) is 0 Å². The number of rotatable bonds is 7. The van der Waals surface area contributed by atoms with Gasteiger partial charge in [0.2, 0.25) is 11.8 Å². The second kappa shape index (κ2) is 9.51. The first-order valence-corrected chi connectivity index (χ1v) is 11.8. The number of hydrogen-bond donors (Lipinski definition) is 0. The van der Waals surface area contributed by atoms with Crippen LogP contribution in [-0.2, 0) is 12.2 Å². The van der Waals surface area contributed by atoms with Crippen molar-refractivity contribution in [1.29, 1.82) is 0 Å². The van der Waals surface area contributed by atoms with Gasteiger partial charge in [-0.05, 0) is 42.3 Å². The molecule has 0 aliphatic carbocycles. The van der Waals surface area contributed by atoms with Gasteiger partial charge in [0.15, 0.2) is 5.16 Å². The Hall–Kier alpha value is -4.31. The van der Waals surface area contributed by atoms with Gasteiger partial charge in [0.1, 0.15) is 0 Å². The van der Waals surface area contributed by atoms with Crippen molar-refractivity contribution in [3.05, 3.63) is 105 Å². The molecule has 0 saturated heterocycles. The second-order valence-electron chi connectivity index (χ2n) is 7.63. The summed E-state index contributed by atoms with van der Waals surface area (Å²) in [7, 11) is 0. The van der Waals surface area contributed by atoms with Crippen LogP contribution in [0.5, 0.6) is 0 Å². The van der Waals surface area contributed by atoms with Gasteiger partial charge in [-0.3, -0.25) is 19.5 Å². The summed E-state index contributed by atoms with van der Waals surface area (Å²) in [6.07, 6.45) is 0.766. The molecule has 0 aliphatic heterocycles. The van der Waals surface area contributed by atoms with E-state index in [2.05, 4.69) is 10.2 Å². The highest BCUT2D eigenvalue weighted by molar-refractivity contribution is 7.98. The molecular weight excluding hydrogens is 466 g/mol. The van der Waals surface area contributed by atoms with Crippen LogP contribution in [0.4, 0.5) is 5.69 Å². The molecule has 5 rings (SSSR count). The van der Waals surface area contributed by atoms with E-state index in [9.17, 15) is 14.9 Å². The lowest BCUT2D eigenvalue weighted by Gasteiger charge is -2.15. The summed E-state index contributed by atoms with van der Waals surface area (Å²) < 4.78 is 7.41. The number of fused-ring (bicyclic) bond motifs is 1. The average Bonchev–Trinajstić information content (AvgIpc) is 3.37. The van der Waals surface area contributed by atoms with Crippen molar-refractivity contribution in [3.8, 4) is 17.1 Å². The molecular formula is C25H19N5O4S. The molecule has 0 aliphatic rings. The van der Waals surface area contributed by atoms with Crippen LogP contribution in [0.25, 0.3) is 28.0 Å². The van der Waals surface area contributed by atoms with Crippen LogP contribution in [0.2, 0.25) is 0 Å². The normalized spacial score (nSPS) is 11.1. The molecule has 174 valence electrons. The van der Waals surface area contributed by atoms with E-state index in [1.807, 2.05) is 49.4 Å². The smallest absolute Gasteiger partial charge is 0.269 e. The predicted octanol–water partition coefficient (Wildman–Crippen LogP) is 5.20. The van der Waals surface area contributed by atoms with Gasteiger partial charge in [-0.1, -0.05) is 49.0 Å². The highest BCUT2D eigenvalue weighted by Gasteiger charge is 2.17. The average molecular weight is 486 g/mol. The van der Waals surface area contributed by atoms with Crippen molar-refractivity contribution in [2.45, 2.75) is 24.3 Å². The summed E-state index contributed by atoms with van der Waals surface area (Å²) in [6.45, 7) is 2.04. The molecule has 0 atom stereocenters. The van der Waals surface area contributed by atoms with Crippen molar-refractivity contribution < 1.29 is 9.34 Å². The van der Waals surface area contributed by atoms with E-state index in [-0.39, 0.29) is 17.1 Å². The molecule has 0 N–H and O–H groups in total. The van der Waals surface area contributed by atoms with E-state index in [0.29, 0.717) is 33.3 Å². The molecule has 9 nitrogen and oxygen atoms in total. The zero-order valence-electron chi connectivity index (χ0n) is 18.6. The van der Waals surface area contributed by atoms with E-state index in [0.717, 1.165) is 17.7 Å². The minimum Gasteiger partial charge on any atom is -0.420 e. The molecule has 0 radical (unpaired) electrons. The summed E-state index contributed by atoms with van der Waals surface area (Å²) in [4.78, 5) is 28.7. The topological polar surface area (TPSA) is 117 Å². The van der Waals surface area contributed by atoms with Crippen LogP contribution >= 0.6 is 11.8 Å². The molecule has 2 aromatic heterocycles. The largest absolute Gasteiger partial charge is 0.420 e. The van der Waals surface area contributed by atoms with Crippen molar-refractivity contribution >= 4 is 28.4 Å². The third-order valence-electron chi connectivity index (χ3n) is 5.48. The van der Waals surface area contributed by atoms with E-state index >= 15 is 0 Å². The fourth-order valence-electron chi connectivity index (χ4n) is 3.73. The van der Waals surface area contributed by atoms with E-state index < -0.39 is 4.92 Å². The van der Waals surface area contributed by atoms with Crippen LogP contribution in [-0.4, -0.2) is 24.7 Å². The highest BCUT2D eigenvalue weighted by atomic mass is 32.2. The van der Waals surface area contributed by atoms with Crippen molar-refractivity contribution in [2.75, 3.05) is 0 Å². The highest BCUT2D eigenvalue weighted by Crippen LogP contribution is 2.27. The number of nitro benzene ring substituents is 1. The monoisotopic (exact) mass is 485 g/mol. The summed E-state index contributed by atoms with van der Waals surface area (Å²) in [5, 5.41) is 20.1. The van der Waals surface area contributed by atoms with Crippen molar-refractivity contribution in [2.24, 2.45) is 0 Å². The van der Waals surface area contributed by atoms with E-state index in [1.54, 1.807) is 22.8 Å². The quantitative estimate of drug-likeness (QED) is 0.134. The minimum absolute atomic E-state index is 0.0169. The minimum atomic E-state index is -0.466. The first kappa shape index (κ1) is 22.5. The van der Waals surface area contributed by atoms with E-state index in [4.69, 9.17) is 9.40 Å². The molecule has 0 bridgehead atoms. The second-order valence-corrected chi connectivity index (χ2v) is 8.57. The molecule has 0 amide bonds. The standard InChI is InChI=1S/C25H19N5O4S/c1-2-16-7-3-6-10-21(16)29-24(31)19-8-4-5-9-20(19)26-25(29)35-15-22-27-28-23(34-22)17-11-13-18(14-12-17)30(32)33/h3-14H,2,15H2,1H3. The number of aryl methyl sites for hydroxylation is 1. The number of non-ortho nitro benzene ring substituents is 1. The zero-order valence-corrected chi connectivity index (χ0v) is 19.4. The third-order valence-corrected chi connectivity index (χ3v) is 6.40. The molecule has 35 heavy (non-hydrogen) atoms. The van der Waals surface area contributed by atoms with Crippen LogP contribution < -0.4 is 5.56 Å². The molecule has 5 aromatic rings. The van der Waals surface area contributed by atoms with E-state index in [1.165, 1.54) is 23.9 Å². The zero-order chi connectivity index (χ0) is 24.4. The maximum Gasteiger partial charge on any atom is 0.269 e. The summed E-state index contributed by atoms with van der Waals surface area (Å²) in [5.74, 6) is 0.899. The fourth-order valence-corrected chi connectivity index (χ4v) is 4.57. The van der Waals surface area contributed by atoms with Crippen LogP contribution in [0.1, 0.15) is 18.4 Å². The third kappa shape index (κ3) is 4.43. The van der Waals surface area contributed by atoms with Gasteiger partial charge in [-0.25, -0.2) is 4.98 Å². The molecule has 2 heterocycles. The molecule has 0 saturated carbocycles. The lowest BCUT2D eigenvalue weighted by atomic mass is 10.1. The van der Waals surface area contributed by atoms with Gasteiger partial charge in [0.25, 0.3) is 11.2 Å². The number of nitro groups is 1. The van der Waals surface area contributed by atoms with Crippen LogP contribution in [0.3, 0.4) is 0 Å². The Morgan fingerprint density at radius 1 is 1.00 bits per heavy atom. The Balaban J connectivity index is 1.49. The van der Waals surface area contributed by atoms with Gasteiger partial charge in [-0.2, -0.15) is 0 Å². The first-order valence-electron chi connectivity index (χ1n) is 10.8. The number of para-hydroxylation sites is 2. The molecule has 0 spiro atoms. The number of nitrogens with zero attached hydrogens (tertiary/aromatic N) is 5. The van der Waals surface area contributed by atoms with Crippen LogP contribution in [0.15, 0.2) is 87.2 Å². The Kier molecular flexibility index (Phi) is 6.11. The van der Waals surface area contributed by atoms with Gasteiger partial charge in [0, 0.05) is 17.7 Å². The lowest BCUT2D eigenvalue weighted by molar-refractivity contribution is -0.384.